The number of hydrogen-bond donors (Lipinski definition) is 1. The number of hydrogen-bond acceptors (Lipinski definition) is 5. The van der Waals surface area contributed by atoms with Crippen LogP contribution in [0.5, 0.6) is 0 Å². The summed E-state index contributed by atoms with van der Waals surface area (Å²) >= 11 is 5.90. The van der Waals surface area contributed by atoms with Crippen molar-refractivity contribution in [3.63, 3.8) is 0 Å². The van der Waals surface area contributed by atoms with E-state index in [1.165, 1.54) is 26.2 Å². The van der Waals surface area contributed by atoms with Crippen LogP contribution >= 0.6 is 11.6 Å². The van der Waals surface area contributed by atoms with Gasteiger partial charge in [-0.05, 0) is 42.8 Å². The van der Waals surface area contributed by atoms with Crippen molar-refractivity contribution in [3.8, 4) is 0 Å². The second-order valence-electron chi connectivity index (χ2n) is 6.41. The highest BCUT2D eigenvalue weighted by Gasteiger charge is 2.18. The quantitative estimate of drug-likeness (QED) is 0.632. The number of carbonyl (C=O) groups is 1. The Bertz CT molecular complexity index is 1110. The van der Waals surface area contributed by atoms with Gasteiger partial charge in [0, 0.05) is 37.8 Å². The molecule has 8 nitrogen and oxygen atoms in total. The largest absolute Gasteiger partial charge is 0.326 e. The normalized spacial score (nSPS) is 11.9. The summed E-state index contributed by atoms with van der Waals surface area (Å²) in [6.45, 7) is 0.485. The number of aromatic nitrogens is 3. The number of benzene rings is 2. The molecule has 0 atom stereocenters. The fourth-order valence-corrected chi connectivity index (χ4v) is 3.78. The standard InChI is InChI=1S/C18H20ClN5O3S/c1-23(2)28(26,27)15-8-9-17-16(12-15)21-22-24(17)10-4-7-18(25)20-14-6-3-5-13(19)11-14/h3,5-6,8-9,11-12H,4,7,10H2,1-2H3,(H,20,25). The maximum atomic E-state index is 12.2. The van der Waals surface area contributed by atoms with Crippen LogP contribution in [0.2, 0.25) is 5.02 Å². The Labute approximate surface area is 168 Å². The SMILES string of the molecule is CN(C)S(=O)(=O)c1ccc2c(c1)nnn2CCCC(=O)Nc1cccc(Cl)c1. The van der Waals surface area contributed by atoms with E-state index in [1.54, 1.807) is 35.0 Å². The van der Waals surface area contributed by atoms with Crippen LogP contribution < -0.4 is 5.32 Å². The first-order valence-corrected chi connectivity index (χ1v) is 10.4. The molecule has 0 aliphatic rings. The van der Waals surface area contributed by atoms with E-state index in [0.29, 0.717) is 41.1 Å². The lowest BCUT2D eigenvalue weighted by Crippen LogP contribution is -2.22. The van der Waals surface area contributed by atoms with Crippen molar-refractivity contribution in [1.29, 1.82) is 0 Å². The van der Waals surface area contributed by atoms with Gasteiger partial charge in [0.25, 0.3) is 0 Å². The Morgan fingerprint density at radius 2 is 2.00 bits per heavy atom. The average molecular weight is 422 g/mol. The molecule has 2 aromatic carbocycles. The number of aryl methyl sites for hydroxylation is 1. The van der Waals surface area contributed by atoms with E-state index in [-0.39, 0.29) is 10.8 Å². The molecule has 1 amide bonds. The highest BCUT2D eigenvalue weighted by molar-refractivity contribution is 7.89. The second kappa shape index (κ2) is 8.26. The summed E-state index contributed by atoms with van der Waals surface area (Å²) in [7, 11) is -0.572. The van der Waals surface area contributed by atoms with E-state index in [0.717, 1.165) is 4.31 Å². The first kappa shape index (κ1) is 20.2. The maximum absolute atomic E-state index is 12.2. The van der Waals surface area contributed by atoms with Crippen molar-refractivity contribution in [1.82, 2.24) is 19.3 Å². The summed E-state index contributed by atoms with van der Waals surface area (Å²) in [5, 5.41) is 11.5. The first-order chi connectivity index (χ1) is 13.3. The number of nitrogens with one attached hydrogen (secondary N) is 1. The van der Waals surface area contributed by atoms with Gasteiger partial charge in [-0.15, -0.1) is 5.10 Å². The van der Waals surface area contributed by atoms with E-state index in [1.807, 2.05) is 0 Å². The van der Waals surface area contributed by atoms with Crippen LogP contribution in [0.15, 0.2) is 47.4 Å². The molecule has 0 unspecified atom stereocenters. The van der Waals surface area contributed by atoms with Gasteiger partial charge in [0.15, 0.2) is 0 Å². The van der Waals surface area contributed by atoms with Crippen molar-refractivity contribution < 1.29 is 13.2 Å². The smallest absolute Gasteiger partial charge is 0.242 e. The number of nitrogens with zero attached hydrogens (tertiary/aromatic N) is 4. The third kappa shape index (κ3) is 4.49. The summed E-state index contributed by atoms with van der Waals surface area (Å²) in [6, 6.07) is 11.7. The zero-order valence-electron chi connectivity index (χ0n) is 15.5. The number of rotatable bonds is 7. The topological polar surface area (TPSA) is 97.2 Å². The van der Waals surface area contributed by atoms with Gasteiger partial charge in [-0.2, -0.15) is 0 Å². The molecule has 28 heavy (non-hydrogen) atoms. The van der Waals surface area contributed by atoms with Gasteiger partial charge in [0.1, 0.15) is 5.52 Å². The Hall–Kier alpha value is -2.49. The van der Waals surface area contributed by atoms with Crippen LogP contribution in [-0.2, 0) is 21.4 Å². The fraction of sp³-hybridized carbons (Fsp3) is 0.278. The summed E-state index contributed by atoms with van der Waals surface area (Å²) in [6.07, 6.45) is 0.865. The molecule has 0 aliphatic carbocycles. The number of anilines is 1. The Morgan fingerprint density at radius 3 is 2.71 bits per heavy atom. The van der Waals surface area contributed by atoms with Crippen molar-refractivity contribution in [2.24, 2.45) is 0 Å². The van der Waals surface area contributed by atoms with Gasteiger partial charge >= 0.3 is 0 Å². The predicted octanol–water partition coefficient (Wildman–Crippen LogP) is 2.75. The number of fused-ring (bicyclic) bond motifs is 1. The molecule has 148 valence electrons. The number of amides is 1. The molecule has 3 aromatic rings. The summed E-state index contributed by atoms with van der Waals surface area (Å²) in [4.78, 5) is 12.2. The van der Waals surface area contributed by atoms with Crippen molar-refractivity contribution >= 4 is 44.3 Å². The molecule has 0 saturated heterocycles. The Morgan fingerprint density at radius 1 is 1.21 bits per heavy atom. The zero-order valence-corrected chi connectivity index (χ0v) is 17.0. The van der Waals surface area contributed by atoms with Crippen molar-refractivity contribution in [3.05, 3.63) is 47.5 Å². The number of carbonyl (C=O) groups excluding carboxylic acids is 1. The minimum absolute atomic E-state index is 0.119. The monoisotopic (exact) mass is 421 g/mol. The average Bonchev–Trinajstić information content (AvgIpc) is 3.04. The predicted molar refractivity (Wildman–Crippen MR) is 108 cm³/mol. The molecule has 10 heteroatoms. The molecule has 0 radical (unpaired) electrons. The number of sulfonamides is 1. The van der Waals surface area contributed by atoms with E-state index in [4.69, 9.17) is 11.6 Å². The Kier molecular flexibility index (Phi) is 5.97. The van der Waals surface area contributed by atoms with E-state index < -0.39 is 10.0 Å². The van der Waals surface area contributed by atoms with E-state index >= 15 is 0 Å². The van der Waals surface area contributed by atoms with Crippen LogP contribution in [0.1, 0.15) is 12.8 Å². The lowest BCUT2D eigenvalue weighted by Gasteiger charge is -2.11. The highest BCUT2D eigenvalue weighted by Crippen LogP contribution is 2.20. The summed E-state index contributed by atoms with van der Waals surface area (Å²) < 4.78 is 27.2. The third-order valence-electron chi connectivity index (χ3n) is 4.15. The zero-order chi connectivity index (χ0) is 20.3. The maximum Gasteiger partial charge on any atom is 0.242 e. The minimum atomic E-state index is -3.53. The van der Waals surface area contributed by atoms with Gasteiger partial charge < -0.3 is 5.32 Å². The van der Waals surface area contributed by atoms with Gasteiger partial charge in [-0.25, -0.2) is 17.4 Å². The molecule has 1 N–H and O–H groups in total. The second-order valence-corrected chi connectivity index (χ2v) is 9.00. The molecule has 3 rings (SSSR count). The van der Waals surface area contributed by atoms with E-state index in [2.05, 4.69) is 15.6 Å². The third-order valence-corrected chi connectivity index (χ3v) is 6.19. The molecule has 1 heterocycles. The van der Waals surface area contributed by atoms with Crippen molar-refractivity contribution in [2.75, 3.05) is 19.4 Å². The summed E-state index contributed by atoms with van der Waals surface area (Å²) in [5.74, 6) is -0.119. The summed E-state index contributed by atoms with van der Waals surface area (Å²) in [5.41, 5.74) is 1.86. The highest BCUT2D eigenvalue weighted by atomic mass is 35.5. The van der Waals surface area contributed by atoms with Crippen molar-refractivity contribution in [2.45, 2.75) is 24.3 Å². The lowest BCUT2D eigenvalue weighted by molar-refractivity contribution is -0.116. The molecular weight excluding hydrogens is 402 g/mol. The minimum Gasteiger partial charge on any atom is -0.326 e. The first-order valence-electron chi connectivity index (χ1n) is 8.58. The molecule has 0 aliphatic heterocycles. The Balaban J connectivity index is 1.63. The molecular formula is C18H20ClN5O3S. The van der Waals surface area contributed by atoms with Gasteiger partial charge in [-0.3, -0.25) is 4.79 Å². The van der Waals surface area contributed by atoms with Crippen LogP contribution in [0, 0.1) is 0 Å². The molecule has 0 fully saturated rings. The van der Waals surface area contributed by atoms with Crippen LogP contribution in [-0.4, -0.2) is 47.7 Å². The number of halogens is 1. The molecule has 0 spiro atoms. The molecule has 0 saturated carbocycles. The van der Waals surface area contributed by atoms with Gasteiger partial charge in [0.05, 0.1) is 10.4 Å². The lowest BCUT2D eigenvalue weighted by atomic mass is 10.2. The van der Waals surface area contributed by atoms with Gasteiger partial charge in [0.2, 0.25) is 15.9 Å². The molecule has 1 aromatic heterocycles. The van der Waals surface area contributed by atoms with E-state index in [9.17, 15) is 13.2 Å². The fourth-order valence-electron chi connectivity index (χ4n) is 2.67. The van der Waals surface area contributed by atoms with Gasteiger partial charge in [-0.1, -0.05) is 22.9 Å². The van der Waals surface area contributed by atoms with Crippen LogP contribution in [0.4, 0.5) is 5.69 Å². The van der Waals surface area contributed by atoms with Crippen LogP contribution in [0.25, 0.3) is 11.0 Å². The van der Waals surface area contributed by atoms with Crippen LogP contribution in [0.3, 0.4) is 0 Å². The molecule has 0 bridgehead atoms.